The summed E-state index contributed by atoms with van der Waals surface area (Å²) >= 11 is 4.57. The zero-order valence-electron chi connectivity index (χ0n) is 12.7. The van der Waals surface area contributed by atoms with Gasteiger partial charge in [-0.05, 0) is 53.0 Å². The Morgan fingerprint density at radius 2 is 1.92 bits per heavy atom. The average Bonchev–Trinajstić information content (AvgIpc) is 3.21. The van der Waals surface area contributed by atoms with E-state index in [-0.39, 0.29) is 5.92 Å². The third kappa shape index (κ3) is 2.92. The van der Waals surface area contributed by atoms with Crippen molar-refractivity contribution in [3.8, 4) is 0 Å². The molecule has 0 spiro atoms. The van der Waals surface area contributed by atoms with Gasteiger partial charge in [-0.25, -0.2) is 13.4 Å². The molecule has 0 amide bonds. The van der Waals surface area contributed by atoms with Crippen LogP contribution < -0.4 is 0 Å². The van der Waals surface area contributed by atoms with Crippen LogP contribution in [0.15, 0.2) is 48.8 Å². The normalized spacial score (nSPS) is 17.5. The van der Waals surface area contributed by atoms with Crippen LogP contribution in [0, 0.1) is 0 Å². The van der Waals surface area contributed by atoms with Gasteiger partial charge in [0.05, 0.1) is 3.79 Å². The minimum Gasteiger partial charge on any atom is -0.440 e. The van der Waals surface area contributed by atoms with E-state index in [9.17, 15) is 8.42 Å². The molecule has 1 fully saturated rings. The summed E-state index contributed by atoms with van der Waals surface area (Å²) < 4.78 is 33.9. The zero-order chi connectivity index (χ0) is 16.7. The van der Waals surface area contributed by atoms with Gasteiger partial charge in [0, 0.05) is 19.0 Å². The molecule has 0 bridgehead atoms. The molecule has 8 heteroatoms. The molecule has 24 heavy (non-hydrogen) atoms. The van der Waals surface area contributed by atoms with Gasteiger partial charge in [-0.1, -0.05) is 12.1 Å². The lowest BCUT2D eigenvalue weighted by Gasteiger charge is -2.29. The number of benzene rings is 1. The molecule has 0 N–H and O–H groups in total. The quantitative estimate of drug-likeness (QED) is 0.628. The van der Waals surface area contributed by atoms with Gasteiger partial charge in [-0.15, -0.1) is 11.3 Å². The summed E-state index contributed by atoms with van der Waals surface area (Å²) in [6.45, 7) is 0.975. The lowest BCUT2D eigenvalue weighted by atomic mass is 9.98. The first kappa shape index (κ1) is 16.3. The number of hydrogen-bond acceptors (Lipinski definition) is 5. The summed E-state index contributed by atoms with van der Waals surface area (Å²) in [5.41, 5.74) is 1.64. The Balaban J connectivity index is 1.50. The molecule has 0 radical (unpaired) electrons. The maximum absolute atomic E-state index is 12.7. The molecular formula is C16H15BrN2O3S2. The maximum Gasteiger partial charge on any atom is 0.252 e. The number of halogens is 1. The lowest BCUT2D eigenvalue weighted by Crippen LogP contribution is -2.37. The first-order chi connectivity index (χ1) is 11.5. The highest BCUT2D eigenvalue weighted by Crippen LogP contribution is 2.34. The molecule has 3 heterocycles. The molecule has 0 aliphatic carbocycles. The second kappa shape index (κ2) is 6.25. The van der Waals surface area contributed by atoms with Crippen molar-refractivity contribution in [2.75, 3.05) is 13.1 Å². The molecular weight excluding hydrogens is 412 g/mol. The van der Waals surface area contributed by atoms with E-state index in [1.165, 1.54) is 11.3 Å². The van der Waals surface area contributed by atoms with Crippen molar-refractivity contribution < 1.29 is 12.8 Å². The Labute approximate surface area is 152 Å². The van der Waals surface area contributed by atoms with E-state index in [1.54, 1.807) is 16.4 Å². The van der Waals surface area contributed by atoms with E-state index in [4.69, 9.17) is 4.42 Å². The van der Waals surface area contributed by atoms with Gasteiger partial charge in [0.2, 0.25) is 0 Å². The van der Waals surface area contributed by atoms with Crippen LogP contribution in [-0.2, 0) is 10.0 Å². The number of piperidine rings is 1. The third-order valence-corrected chi connectivity index (χ3v) is 8.25. The molecule has 2 aromatic heterocycles. The van der Waals surface area contributed by atoms with Gasteiger partial charge in [-0.2, -0.15) is 4.31 Å². The Morgan fingerprint density at radius 1 is 1.17 bits per heavy atom. The van der Waals surface area contributed by atoms with Crippen molar-refractivity contribution in [3.63, 3.8) is 0 Å². The topological polar surface area (TPSA) is 63.4 Å². The summed E-state index contributed by atoms with van der Waals surface area (Å²) in [6.07, 6.45) is 1.44. The fourth-order valence-electron chi connectivity index (χ4n) is 2.97. The Morgan fingerprint density at radius 3 is 2.58 bits per heavy atom. The van der Waals surface area contributed by atoms with Crippen LogP contribution in [0.4, 0.5) is 0 Å². The first-order valence-electron chi connectivity index (χ1n) is 7.65. The number of aromatic nitrogens is 1. The summed E-state index contributed by atoms with van der Waals surface area (Å²) in [5, 5.41) is 0. The Kier molecular flexibility index (Phi) is 4.24. The van der Waals surface area contributed by atoms with E-state index in [0.29, 0.717) is 23.2 Å². The van der Waals surface area contributed by atoms with Gasteiger partial charge < -0.3 is 4.42 Å². The van der Waals surface area contributed by atoms with E-state index in [1.807, 2.05) is 24.3 Å². The minimum absolute atomic E-state index is 0.166. The van der Waals surface area contributed by atoms with Gasteiger partial charge in [0.15, 0.2) is 11.5 Å². The number of nitrogens with zero attached hydrogens (tertiary/aromatic N) is 2. The standard InChI is InChI=1S/C16H15BrN2O3S2/c17-14-5-6-15(23-14)24(20,21)19-9-7-11(8-10-19)16-18-12-3-1-2-4-13(12)22-16/h1-6,11H,7-10H2. The molecule has 0 unspecified atom stereocenters. The van der Waals surface area contributed by atoms with Crippen LogP contribution in [0.25, 0.3) is 11.1 Å². The molecule has 4 rings (SSSR count). The SMILES string of the molecule is O=S(=O)(c1ccc(Br)s1)N1CCC(c2nc3ccccc3o2)CC1. The molecule has 1 saturated heterocycles. The van der Waals surface area contributed by atoms with E-state index in [0.717, 1.165) is 27.7 Å². The fourth-order valence-corrected chi connectivity index (χ4v) is 6.61. The van der Waals surface area contributed by atoms with E-state index in [2.05, 4.69) is 20.9 Å². The molecule has 3 aromatic rings. The highest BCUT2D eigenvalue weighted by Gasteiger charge is 2.32. The molecule has 1 aliphatic heterocycles. The summed E-state index contributed by atoms with van der Waals surface area (Å²) in [5.74, 6) is 0.881. The molecule has 1 aliphatic rings. The number of oxazole rings is 1. The number of para-hydroxylation sites is 2. The minimum atomic E-state index is -3.40. The second-order valence-corrected chi connectivity index (χ2v) is 10.4. The molecule has 0 atom stereocenters. The average molecular weight is 427 g/mol. The summed E-state index contributed by atoms with van der Waals surface area (Å²) in [4.78, 5) is 4.55. The molecule has 0 saturated carbocycles. The number of thiophene rings is 1. The second-order valence-electron chi connectivity index (χ2n) is 5.76. The van der Waals surface area contributed by atoms with Crippen molar-refractivity contribution in [1.82, 2.24) is 9.29 Å². The molecule has 126 valence electrons. The van der Waals surface area contributed by atoms with Crippen molar-refractivity contribution in [3.05, 3.63) is 46.1 Å². The van der Waals surface area contributed by atoms with Crippen molar-refractivity contribution >= 4 is 48.4 Å². The number of hydrogen-bond donors (Lipinski definition) is 0. The molecule has 1 aromatic carbocycles. The third-order valence-electron chi connectivity index (χ3n) is 4.26. The van der Waals surface area contributed by atoms with Gasteiger partial charge in [0.25, 0.3) is 10.0 Å². The summed E-state index contributed by atoms with van der Waals surface area (Å²) in [7, 11) is -3.40. The van der Waals surface area contributed by atoms with Gasteiger partial charge >= 0.3 is 0 Å². The summed E-state index contributed by atoms with van der Waals surface area (Å²) in [6, 6.07) is 11.1. The van der Waals surface area contributed by atoms with Gasteiger partial charge in [0.1, 0.15) is 9.73 Å². The fraction of sp³-hybridized carbons (Fsp3) is 0.312. The van der Waals surface area contributed by atoms with Crippen molar-refractivity contribution in [1.29, 1.82) is 0 Å². The highest BCUT2D eigenvalue weighted by molar-refractivity contribution is 9.11. The molecule has 5 nitrogen and oxygen atoms in total. The number of fused-ring (bicyclic) bond motifs is 1. The van der Waals surface area contributed by atoms with Crippen LogP contribution in [-0.4, -0.2) is 30.8 Å². The predicted molar refractivity (Wildman–Crippen MR) is 96.8 cm³/mol. The monoisotopic (exact) mass is 426 g/mol. The number of rotatable bonds is 3. The van der Waals surface area contributed by atoms with Crippen LogP contribution in [0.3, 0.4) is 0 Å². The van der Waals surface area contributed by atoms with Crippen molar-refractivity contribution in [2.45, 2.75) is 23.0 Å². The van der Waals surface area contributed by atoms with E-state index >= 15 is 0 Å². The smallest absolute Gasteiger partial charge is 0.252 e. The zero-order valence-corrected chi connectivity index (χ0v) is 15.9. The predicted octanol–water partition coefficient (Wildman–Crippen LogP) is 4.22. The van der Waals surface area contributed by atoms with Crippen molar-refractivity contribution in [2.24, 2.45) is 0 Å². The Bertz CT molecular complexity index is 939. The van der Waals surface area contributed by atoms with Crippen LogP contribution in [0.2, 0.25) is 0 Å². The van der Waals surface area contributed by atoms with E-state index < -0.39 is 10.0 Å². The number of sulfonamides is 1. The van der Waals surface area contributed by atoms with Crippen LogP contribution in [0.5, 0.6) is 0 Å². The van der Waals surface area contributed by atoms with Gasteiger partial charge in [-0.3, -0.25) is 0 Å². The van der Waals surface area contributed by atoms with Crippen LogP contribution >= 0.6 is 27.3 Å². The Hall–Kier alpha value is -1.22. The first-order valence-corrected chi connectivity index (χ1v) is 10.7. The van der Waals surface area contributed by atoms with Crippen LogP contribution in [0.1, 0.15) is 24.7 Å². The highest BCUT2D eigenvalue weighted by atomic mass is 79.9. The lowest BCUT2D eigenvalue weighted by molar-refractivity contribution is 0.294. The maximum atomic E-state index is 12.7. The largest absolute Gasteiger partial charge is 0.440 e.